The standard InChI is InChI=1S/C16H20N4OS2/c1-22-15-17-16(23-18-15)20-11-9-19(10-12-20)14(21)8-7-13-5-3-2-4-6-13/h2-6H,7-12H2,1H3. The normalized spacial score (nSPS) is 15.0. The minimum Gasteiger partial charge on any atom is -0.343 e. The molecule has 1 amide bonds. The molecule has 0 unspecified atom stereocenters. The Morgan fingerprint density at radius 2 is 1.96 bits per heavy atom. The van der Waals surface area contributed by atoms with Gasteiger partial charge < -0.3 is 9.80 Å². The molecule has 2 heterocycles. The Kier molecular flexibility index (Phi) is 5.51. The molecule has 0 bridgehead atoms. The maximum absolute atomic E-state index is 12.3. The minimum atomic E-state index is 0.246. The van der Waals surface area contributed by atoms with Gasteiger partial charge in [0.1, 0.15) is 0 Å². The van der Waals surface area contributed by atoms with Crippen LogP contribution in [0.5, 0.6) is 0 Å². The monoisotopic (exact) mass is 348 g/mol. The van der Waals surface area contributed by atoms with Crippen molar-refractivity contribution in [1.29, 1.82) is 0 Å². The number of piperazine rings is 1. The van der Waals surface area contributed by atoms with E-state index < -0.39 is 0 Å². The van der Waals surface area contributed by atoms with Crippen LogP contribution in [0.1, 0.15) is 12.0 Å². The van der Waals surface area contributed by atoms with Gasteiger partial charge in [0, 0.05) is 44.1 Å². The molecule has 1 aliphatic heterocycles. The second kappa shape index (κ2) is 7.79. The van der Waals surface area contributed by atoms with E-state index in [0.29, 0.717) is 6.42 Å². The number of nitrogens with zero attached hydrogens (tertiary/aromatic N) is 4. The van der Waals surface area contributed by atoms with Gasteiger partial charge in [0.15, 0.2) is 0 Å². The Labute approximate surface area is 144 Å². The fourth-order valence-corrected chi connectivity index (χ4v) is 3.89. The van der Waals surface area contributed by atoms with Crippen LogP contribution in [0, 0.1) is 0 Å². The number of carbonyl (C=O) groups is 1. The van der Waals surface area contributed by atoms with E-state index in [1.807, 2.05) is 29.4 Å². The molecular formula is C16H20N4OS2. The molecule has 0 radical (unpaired) electrons. The minimum absolute atomic E-state index is 0.246. The zero-order valence-corrected chi connectivity index (χ0v) is 14.8. The molecule has 7 heteroatoms. The van der Waals surface area contributed by atoms with Crippen LogP contribution in [-0.2, 0) is 11.2 Å². The number of benzene rings is 1. The molecule has 0 aliphatic carbocycles. The Morgan fingerprint density at radius 3 is 2.61 bits per heavy atom. The highest BCUT2D eigenvalue weighted by atomic mass is 32.2. The van der Waals surface area contributed by atoms with Gasteiger partial charge in [-0.15, -0.1) is 0 Å². The molecule has 3 rings (SSSR count). The van der Waals surface area contributed by atoms with Crippen molar-refractivity contribution in [3.05, 3.63) is 35.9 Å². The summed E-state index contributed by atoms with van der Waals surface area (Å²) in [6.45, 7) is 3.20. The third-order valence-electron chi connectivity index (χ3n) is 3.95. The third kappa shape index (κ3) is 4.23. The van der Waals surface area contributed by atoms with Crippen molar-refractivity contribution in [3.8, 4) is 0 Å². The lowest BCUT2D eigenvalue weighted by molar-refractivity contribution is -0.131. The average Bonchev–Trinajstić information content (AvgIpc) is 3.10. The number of carbonyl (C=O) groups excluding carboxylic acids is 1. The topological polar surface area (TPSA) is 49.3 Å². The summed E-state index contributed by atoms with van der Waals surface area (Å²) >= 11 is 3.00. The van der Waals surface area contributed by atoms with E-state index in [0.717, 1.165) is 42.9 Å². The fourth-order valence-electron chi connectivity index (χ4n) is 2.62. The van der Waals surface area contributed by atoms with E-state index in [9.17, 15) is 4.79 Å². The number of hydrogen-bond donors (Lipinski definition) is 0. The van der Waals surface area contributed by atoms with Crippen molar-refractivity contribution in [3.63, 3.8) is 0 Å². The highest BCUT2D eigenvalue weighted by molar-refractivity contribution is 7.98. The first-order valence-electron chi connectivity index (χ1n) is 7.70. The number of thioether (sulfide) groups is 1. The highest BCUT2D eigenvalue weighted by Gasteiger charge is 2.22. The first-order valence-corrected chi connectivity index (χ1v) is 9.70. The zero-order valence-electron chi connectivity index (χ0n) is 13.1. The fraction of sp³-hybridized carbons (Fsp3) is 0.438. The van der Waals surface area contributed by atoms with Gasteiger partial charge in [-0.25, -0.2) is 0 Å². The van der Waals surface area contributed by atoms with Crippen LogP contribution in [0.25, 0.3) is 0 Å². The van der Waals surface area contributed by atoms with Crippen molar-refractivity contribution in [2.45, 2.75) is 18.0 Å². The molecule has 1 saturated heterocycles. The number of rotatable bonds is 5. The Balaban J connectivity index is 1.47. The van der Waals surface area contributed by atoms with Crippen molar-refractivity contribution in [2.24, 2.45) is 0 Å². The van der Waals surface area contributed by atoms with Gasteiger partial charge in [0.05, 0.1) is 0 Å². The maximum Gasteiger partial charge on any atom is 0.223 e. The number of aromatic nitrogens is 2. The van der Waals surface area contributed by atoms with Crippen molar-refractivity contribution in [1.82, 2.24) is 14.3 Å². The van der Waals surface area contributed by atoms with Crippen LogP contribution in [0.4, 0.5) is 5.13 Å². The Hall–Kier alpha value is -1.60. The smallest absolute Gasteiger partial charge is 0.223 e. The van der Waals surface area contributed by atoms with Gasteiger partial charge in [0.25, 0.3) is 0 Å². The van der Waals surface area contributed by atoms with E-state index >= 15 is 0 Å². The molecule has 0 atom stereocenters. The Morgan fingerprint density at radius 1 is 1.22 bits per heavy atom. The molecule has 23 heavy (non-hydrogen) atoms. The van der Waals surface area contributed by atoms with E-state index in [2.05, 4.69) is 26.4 Å². The van der Waals surface area contributed by atoms with Crippen LogP contribution < -0.4 is 4.90 Å². The summed E-state index contributed by atoms with van der Waals surface area (Å²) in [6.07, 6.45) is 3.38. The quantitative estimate of drug-likeness (QED) is 0.777. The molecule has 1 aliphatic rings. The zero-order chi connectivity index (χ0) is 16.1. The molecule has 0 N–H and O–H groups in total. The molecule has 1 aromatic carbocycles. The summed E-state index contributed by atoms with van der Waals surface area (Å²) in [5.41, 5.74) is 1.22. The summed E-state index contributed by atoms with van der Waals surface area (Å²) in [5, 5.41) is 1.79. The number of amides is 1. The maximum atomic E-state index is 12.3. The summed E-state index contributed by atoms with van der Waals surface area (Å²) in [6, 6.07) is 10.2. The Bertz CT molecular complexity index is 639. The molecule has 5 nitrogen and oxygen atoms in total. The molecule has 1 fully saturated rings. The third-order valence-corrected chi connectivity index (χ3v) is 5.39. The molecule has 0 spiro atoms. The average molecular weight is 348 g/mol. The lowest BCUT2D eigenvalue weighted by atomic mass is 10.1. The van der Waals surface area contributed by atoms with E-state index in [4.69, 9.17) is 0 Å². The summed E-state index contributed by atoms with van der Waals surface area (Å²) < 4.78 is 4.30. The van der Waals surface area contributed by atoms with Gasteiger partial charge in [-0.05, 0) is 18.2 Å². The molecule has 2 aromatic rings. The van der Waals surface area contributed by atoms with Crippen LogP contribution in [-0.4, -0.2) is 52.6 Å². The largest absolute Gasteiger partial charge is 0.343 e. The van der Waals surface area contributed by atoms with Gasteiger partial charge >= 0.3 is 0 Å². The van der Waals surface area contributed by atoms with E-state index in [-0.39, 0.29) is 5.91 Å². The van der Waals surface area contributed by atoms with E-state index in [1.54, 1.807) is 11.8 Å². The van der Waals surface area contributed by atoms with Gasteiger partial charge in [-0.2, -0.15) is 9.36 Å². The molecule has 122 valence electrons. The van der Waals surface area contributed by atoms with Gasteiger partial charge in [-0.1, -0.05) is 42.1 Å². The van der Waals surface area contributed by atoms with E-state index in [1.165, 1.54) is 17.1 Å². The number of hydrogen-bond acceptors (Lipinski definition) is 6. The number of aryl methyl sites for hydroxylation is 1. The lowest BCUT2D eigenvalue weighted by Crippen LogP contribution is -2.48. The van der Waals surface area contributed by atoms with Gasteiger partial charge in [-0.3, -0.25) is 4.79 Å². The SMILES string of the molecule is CSc1nsc(N2CCN(C(=O)CCc3ccccc3)CC2)n1. The van der Waals surface area contributed by atoms with Gasteiger partial charge in [0.2, 0.25) is 16.2 Å². The van der Waals surface area contributed by atoms with Crippen LogP contribution >= 0.6 is 23.3 Å². The van der Waals surface area contributed by atoms with Crippen LogP contribution in [0.3, 0.4) is 0 Å². The first-order chi connectivity index (χ1) is 11.3. The first kappa shape index (κ1) is 16.3. The predicted molar refractivity (Wildman–Crippen MR) is 95.2 cm³/mol. The molecule has 1 aromatic heterocycles. The van der Waals surface area contributed by atoms with Crippen LogP contribution in [0.15, 0.2) is 35.5 Å². The molecule has 0 saturated carbocycles. The molecular weight excluding hydrogens is 328 g/mol. The van der Waals surface area contributed by atoms with Crippen molar-refractivity contribution >= 4 is 34.3 Å². The summed E-state index contributed by atoms with van der Waals surface area (Å²) in [7, 11) is 0. The van der Waals surface area contributed by atoms with Crippen molar-refractivity contribution < 1.29 is 4.79 Å². The second-order valence-corrected chi connectivity index (χ2v) is 6.92. The second-order valence-electron chi connectivity index (χ2n) is 5.42. The number of anilines is 1. The summed E-state index contributed by atoms with van der Waals surface area (Å²) in [4.78, 5) is 21.0. The lowest BCUT2D eigenvalue weighted by Gasteiger charge is -2.34. The van der Waals surface area contributed by atoms with Crippen LogP contribution in [0.2, 0.25) is 0 Å². The predicted octanol–water partition coefficient (Wildman–Crippen LogP) is 2.54. The highest BCUT2D eigenvalue weighted by Crippen LogP contribution is 2.23. The summed E-state index contributed by atoms with van der Waals surface area (Å²) in [5.74, 6) is 0.246. The van der Waals surface area contributed by atoms with Crippen molar-refractivity contribution in [2.75, 3.05) is 37.3 Å².